The first-order chi connectivity index (χ1) is 8.82. The Bertz CT molecular complexity index is 412. The summed E-state index contributed by atoms with van der Waals surface area (Å²) >= 11 is 0. The molecule has 2 unspecified atom stereocenters. The molecule has 0 N–H and O–H groups in total. The van der Waals surface area contributed by atoms with Crippen LogP contribution in [-0.2, 0) is 16.1 Å². The minimum atomic E-state index is 0.0938. The molecule has 1 spiro atoms. The fourth-order valence-corrected chi connectivity index (χ4v) is 3.29. The smallest absolute Gasteiger partial charge is 0.125 e. The summed E-state index contributed by atoms with van der Waals surface area (Å²) < 4.78 is 5.53. The van der Waals surface area contributed by atoms with E-state index in [-0.39, 0.29) is 11.3 Å². The van der Waals surface area contributed by atoms with Crippen molar-refractivity contribution in [2.45, 2.75) is 13.0 Å². The molecule has 2 saturated heterocycles. The summed E-state index contributed by atoms with van der Waals surface area (Å²) in [5.41, 5.74) is 1.41. The largest absolute Gasteiger partial charge is 0.381 e. The van der Waals surface area contributed by atoms with Crippen LogP contribution in [0.1, 0.15) is 12.0 Å². The van der Waals surface area contributed by atoms with Crippen molar-refractivity contribution in [3.05, 3.63) is 35.9 Å². The van der Waals surface area contributed by atoms with Gasteiger partial charge >= 0.3 is 0 Å². The van der Waals surface area contributed by atoms with Crippen LogP contribution in [0.2, 0.25) is 0 Å². The second kappa shape index (κ2) is 4.82. The van der Waals surface area contributed by atoms with Crippen LogP contribution in [0.15, 0.2) is 30.3 Å². The van der Waals surface area contributed by atoms with Crippen LogP contribution in [0.4, 0.5) is 0 Å². The van der Waals surface area contributed by atoms with Crippen molar-refractivity contribution in [1.29, 1.82) is 0 Å². The highest BCUT2D eigenvalue weighted by Gasteiger charge is 2.48. The Hall–Kier alpha value is -1.19. The third kappa shape index (κ3) is 2.08. The fourth-order valence-electron chi connectivity index (χ4n) is 3.29. The molecule has 1 aromatic carbocycles. The van der Waals surface area contributed by atoms with E-state index in [1.807, 2.05) is 6.07 Å². The van der Waals surface area contributed by atoms with Crippen LogP contribution in [0.3, 0.4) is 0 Å². The minimum Gasteiger partial charge on any atom is -0.381 e. The normalized spacial score (nSPS) is 32.1. The minimum absolute atomic E-state index is 0.0938. The van der Waals surface area contributed by atoms with E-state index in [0.29, 0.717) is 0 Å². The predicted octanol–water partition coefficient (Wildman–Crippen LogP) is 1.72. The Morgan fingerprint density at radius 1 is 1.39 bits per heavy atom. The molecule has 18 heavy (non-hydrogen) atoms. The van der Waals surface area contributed by atoms with E-state index in [1.54, 1.807) is 0 Å². The summed E-state index contributed by atoms with van der Waals surface area (Å²) in [6, 6.07) is 10.5. The second-order valence-electron chi connectivity index (χ2n) is 5.56. The SMILES string of the molecule is O=CC1CN(Cc2ccccc2)CC12CCOC2. The maximum absolute atomic E-state index is 11.3. The summed E-state index contributed by atoms with van der Waals surface area (Å²) in [6.45, 7) is 4.37. The second-order valence-corrected chi connectivity index (χ2v) is 5.56. The molecule has 3 nitrogen and oxygen atoms in total. The van der Waals surface area contributed by atoms with Gasteiger partial charge in [-0.3, -0.25) is 4.90 Å². The lowest BCUT2D eigenvalue weighted by Crippen LogP contribution is -2.31. The Balaban J connectivity index is 1.71. The van der Waals surface area contributed by atoms with Crippen molar-refractivity contribution < 1.29 is 9.53 Å². The molecule has 0 saturated carbocycles. The standard InChI is InChI=1S/C15H19NO2/c17-10-14-9-16(8-13-4-2-1-3-5-13)11-15(14)6-7-18-12-15/h1-5,10,14H,6-9,11-12H2. The molecule has 2 atom stereocenters. The summed E-state index contributed by atoms with van der Waals surface area (Å²) in [4.78, 5) is 13.7. The predicted molar refractivity (Wildman–Crippen MR) is 69.1 cm³/mol. The van der Waals surface area contributed by atoms with E-state index in [4.69, 9.17) is 4.74 Å². The molecule has 1 aromatic rings. The Labute approximate surface area is 108 Å². The number of aldehydes is 1. The zero-order valence-electron chi connectivity index (χ0n) is 10.5. The molecular formula is C15H19NO2. The lowest BCUT2D eigenvalue weighted by Gasteiger charge is -2.24. The van der Waals surface area contributed by atoms with Crippen molar-refractivity contribution in [2.24, 2.45) is 11.3 Å². The van der Waals surface area contributed by atoms with Gasteiger partial charge in [-0.1, -0.05) is 30.3 Å². The molecule has 96 valence electrons. The van der Waals surface area contributed by atoms with Crippen LogP contribution in [0.25, 0.3) is 0 Å². The maximum Gasteiger partial charge on any atom is 0.125 e. The summed E-state index contributed by atoms with van der Waals surface area (Å²) in [5, 5.41) is 0. The fraction of sp³-hybridized carbons (Fsp3) is 0.533. The van der Waals surface area contributed by atoms with Crippen molar-refractivity contribution in [1.82, 2.24) is 4.90 Å². The summed E-state index contributed by atoms with van der Waals surface area (Å²) in [6.07, 6.45) is 2.17. The molecule has 0 amide bonds. The van der Waals surface area contributed by atoms with Crippen molar-refractivity contribution in [2.75, 3.05) is 26.3 Å². The Morgan fingerprint density at radius 3 is 2.89 bits per heavy atom. The number of rotatable bonds is 3. The van der Waals surface area contributed by atoms with E-state index in [2.05, 4.69) is 29.2 Å². The number of hydrogen-bond donors (Lipinski definition) is 0. The molecule has 2 aliphatic rings. The number of nitrogens with zero attached hydrogens (tertiary/aromatic N) is 1. The average molecular weight is 245 g/mol. The highest BCUT2D eigenvalue weighted by atomic mass is 16.5. The highest BCUT2D eigenvalue weighted by Crippen LogP contribution is 2.42. The van der Waals surface area contributed by atoms with Crippen molar-refractivity contribution >= 4 is 6.29 Å². The van der Waals surface area contributed by atoms with Gasteiger partial charge < -0.3 is 9.53 Å². The molecule has 2 fully saturated rings. The lowest BCUT2D eigenvalue weighted by molar-refractivity contribution is -0.113. The van der Waals surface area contributed by atoms with Gasteiger partial charge in [-0.2, -0.15) is 0 Å². The van der Waals surface area contributed by atoms with Crippen LogP contribution in [0, 0.1) is 11.3 Å². The van der Waals surface area contributed by atoms with Gasteiger partial charge in [0.05, 0.1) is 6.61 Å². The molecule has 3 rings (SSSR count). The number of carbonyl (C=O) groups is 1. The first-order valence-corrected chi connectivity index (χ1v) is 6.62. The molecule has 0 aliphatic carbocycles. The van der Waals surface area contributed by atoms with Crippen LogP contribution >= 0.6 is 0 Å². The quantitative estimate of drug-likeness (QED) is 0.759. The zero-order valence-corrected chi connectivity index (χ0v) is 10.5. The van der Waals surface area contributed by atoms with Gasteiger partial charge in [0, 0.05) is 37.6 Å². The highest BCUT2D eigenvalue weighted by molar-refractivity contribution is 5.56. The van der Waals surface area contributed by atoms with E-state index in [0.717, 1.165) is 45.6 Å². The van der Waals surface area contributed by atoms with Gasteiger partial charge in [-0.15, -0.1) is 0 Å². The number of likely N-dealkylation sites (tertiary alicyclic amines) is 1. The lowest BCUT2D eigenvalue weighted by atomic mass is 9.78. The first kappa shape index (κ1) is 11.9. The Kier molecular flexibility index (Phi) is 3.18. The van der Waals surface area contributed by atoms with Gasteiger partial charge in [0.2, 0.25) is 0 Å². The maximum atomic E-state index is 11.3. The van der Waals surface area contributed by atoms with Crippen molar-refractivity contribution in [3.8, 4) is 0 Å². The number of hydrogen-bond acceptors (Lipinski definition) is 3. The van der Waals surface area contributed by atoms with E-state index in [1.165, 1.54) is 5.56 Å². The zero-order chi connectivity index (χ0) is 12.4. The first-order valence-electron chi connectivity index (χ1n) is 6.62. The third-order valence-corrected chi connectivity index (χ3v) is 4.33. The summed E-state index contributed by atoms with van der Waals surface area (Å²) in [5.74, 6) is 0.142. The molecular weight excluding hydrogens is 226 g/mol. The number of carbonyl (C=O) groups excluding carboxylic acids is 1. The van der Waals surface area contributed by atoms with E-state index < -0.39 is 0 Å². The third-order valence-electron chi connectivity index (χ3n) is 4.33. The van der Waals surface area contributed by atoms with Gasteiger partial charge in [0.1, 0.15) is 6.29 Å². The van der Waals surface area contributed by atoms with Crippen LogP contribution in [0.5, 0.6) is 0 Å². The number of benzene rings is 1. The van der Waals surface area contributed by atoms with Gasteiger partial charge in [0.25, 0.3) is 0 Å². The molecule has 2 heterocycles. The summed E-state index contributed by atoms with van der Waals surface area (Å²) in [7, 11) is 0. The van der Waals surface area contributed by atoms with E-state index in [9.17, 15) is 4.79 Å². The molecule has 0 bridgehead atoms. The topological polar surface area (TPSA) is 29.5 Å². The van der Waals surface area contributed by atoms with E-state index >= 15 is 0 Å². The van der Waals surface area contributed by atoms with Crippen LogP contribution in [-0.4, -0.2) is 37.5 Å². The van der Waals surface area contributed by atoms with Gasteiger partial charge in [0.15, 0.2) is 0 Å². The van der Waals surface area contributed by atoms with Crippen LogP contribution < -0.4 is 0 Å². The van der Waals surface area contributed by atoms with Gasteiger partial charge in [-0.05, 0) is 12.0 Å². The Morgan fingerprint density at radius 2 is 2.22 bits per heavy atom. The molecule has 3 heteroatoms. The monoisotopic (exact) mass is 245 g/mol. The average Bonchev–Trinajstić information content (AvgIpc) is 2.99. The molecule has 2 aliphatic heterocycles. The molecule has 0 aromatic heterocycles. The molecule has 0 radical (unpaired) electrons. The van der Waals surface area contributed by atoms with Crippen molar-refractivity contribution in [3.63, 3.8) is 0 Å². The van der Waals surface area contributed by atoms with Gasteiger partial charge in [-0.25, -0.2) is 0 Å². The number of ether oxygens (including phenoxy) is 1.